The minimum absolute atomic E-state index is 0.0359. The van der Waals surface area contributed by atoms with Crippen molar-refractivity contribution in [1.29, 1.82) is 0 Å². The van der Waals surface area contributed by atoms with E-state index in [0.717, 1.165) is 18.4 Å². The maximum absolute atomic E-state index is 10.5. The molecule has 1 aromatic rings. The van der Waals surface area contributed by atoms with Gasteiger partial charge in [0.2, 0.25) is 0 Å². The highest BCUT2D eigenvalue weighted by atomic mass is 16.4. The predicted octanol–water partition coefficient (Wildman–Crippen LogP) is 1.52. The van der Waals surface area contributed by atoms with Gasteiger partial charge in [0, 0.05) is 17.8 Å². The summed E-state index contributed by atoms with van der Waals surface area (Å²) in [7, 11) is 0. The zero-order valence-corrected chi connectivity index (χ0v) is 6.71. The molecule has 64 valence electrons. The van der Waals surface area contributed by atoms with Gasteiger partial charge in [-0.15, -0.1) is 0 Å². The van der Waals surface area contributed by atoms with Gasteiger partial charge >= 0.3 is 5.97 Å². The molecule has 1 aromatic heterocycles. The quantitative estimate of drug-likeness (QED) is 0.713. The largest absolute Gasteiger partial charge is 0.481 e. The first-order valence-corrected chi connectivity index (χ1v) is 4.08. The fourth-order valence-electron chi connectivity index (χ4n) is 1.66. The van der Waals surface area contributed by atoms with Gasteiger partial charge in [-0.3, -0.25) is 4.79 Å². The van der Waals surface area contributed by atoms with Crippen LogP contribution in [-0.2, 0) is 10.2 Å². The van der Waals surface area contributed by atoms with Crippen LogP contribution in [0.25, 0.3) is 0 Å². The number of H-pyrrole nitrogens is 1. The first kappa shape index (κ1) is 7.40. The van der Waals surface area contributed by atoms with Gasteiger partial charge in [-0.05, 0) is 24.5 Å². The number of hydrogen-bond donors (Lipinski definition) is 2. The SMILES string of the molecule is O=C(O)CC1(c2cc[nH]c2)CC1. The molecule has 0 amide bonds. The first-order chi connectivity index (χ1) is 5.73. The van der Waals surface area contributed by atoms with E-state index in [9.17, 15) is 4.79 Å². The van der Waals surface area contributed by atoms with Gasteiger partial charge in [0.05, 0.1) is 6.42 Å². The number of carbonyl (C=O) groups is 1. The number of carboxylic acids is 1. The van der Waals surface area contributed by atoms with Gasteiger partial charge in [-0.1, -0.05) is 0 Å². The van der Waals surface area contributed by atoms with Crippen LogP contribution in [0.3, 0.4) is 0 Å². The molecule has 3 heteroatoms. The Morgan fingerprint density at radius 1 is 1.67 bits per heavy atom. The lowest BCUT2D eigenvalue weighted by Crippen LogP contribution is -2.11. The van der Waals surface area contributed by atoms with Crippen molar-refractivity contribution in [3.05, 3.63) is 24.0 Å². The molecule has 0 aliphatic heterocycles. The van der Waals surface area contributed by atoms with Crippen LogP contribution in [0.2, 0.25) is 0 Å². The van der Waals surface area contributed by atoms with E-state index < -0.39 is 5.97 Å². The highest BCUT2D eigenvalue weighted by molar-refractivity contribution is 5.70. The standard InChI is InChI=1S/C9H11NO2/c11-8(12)5-9(2-3-9)7-1-4-10-6-7/h1,4,6,10H,2-3,5H2,(H,11,12). The Morgan fingerprint density at radius 2 is 2.42 bits per heavy atom. The molecule has 0 atom stereocenters. The minimum atomic E-state index is -0.700. The van der Waals surface area contributed by atoms with Gasteiger partial charge in [0.25, 0.3) is 0 Å². The minimum Gasteiger partial charge on any atom is -0.481 e. The van der Waals surface area contributed by atoms with Crippen LogP contribution in [0, 0.1) is 0 Å². The van der Waals surface area contributed by atoms with E-state index in [1.807, 2.05) is 18.5 Å². The first-order valence-electron chi connectivity index (χ1n) is 4.08. The maximum atomic E-state index is 10.5. The maximum Gasteiger partial charge on any atom is 0.304 e. The van der Waals surface area contributed by atoms with Gasteiger partial charge < -0.3 is 10.1 Å². The Labute approximate surface area is 70.4 Å². The molecule has 0 bridgehead atoms. The van der Waals surface area contributed by atoms with Crippen LogP contribution in [0.1, 0.15) is 24.8 Å². The summed E-state index contributed by atoms with van der Waals surface area (Å²) in [4.78, 5) is 13.5. The van der Waals surface area contributed by atoms with E-state index in [1.54, 1.807) is 0 Å². The number of hydrogen-bond acceptors (Lipinski definition) is 1. The summed E-state index contributed by atoms with van der Waals surface area (Å²) in [6, 6.07) is 1.97. The number of carboxylic acid groups (broad SMARTS) is 1. The molecule has 1 heterocycles. The molecule has 1 saturated carbocycles. The molecule has 0 saturated heterocycles. The average Bonchev–Trinajstić information content (AvgIpc) is 2.61. The smallest absolute Gasteiger partial charge is 0.304 e. The number of aromatic amines is 1. The third-order valence-electron chi connectivity index (χ3n) is 2.55. The van der Waals surface area contributed by atoms with Crippen molar-refractivity contribution in [2.75, 3.05) is 0 Å². The van der Waals surface area contributed by atoms with Crippen LogP contribution in [0.5, 0.6) is 0 Å². The summed E-state index contributed by atoms with van der Waals surface area (Å²) in [6.07, 6.45) is 6.03. The number of rotatable bonds is 3. The van der Waals surface area contributed by atoms with Crippen LogP contribution in [0.4, 0.5) is 0 Å². The van der Waals surface area contributed by atoms with Crippen molar-refractivity contribution >= 4 is 5.97 Å². The Balaban J connectivity index is 2.17. The van der Waals surface area contributed by atoms with E-state index in [4.69, 9.17) is 5.11 Å². The van der Waals surface area contributed by atoms with E-state index in [1.165, 1.54) is 0 Å². The highest BCUT2D eigenvalue weighted by Gasteiger charge is 2.46. The molecule has 1 aliphatic rings. The van der Waals surface area contributed by atoms with Crippen molar-refractivity contribution < 1.29 is 9.90 Å². The number of aromatic nitrogens is 1. The Kier molecular flexibility index (Phi) is 1.46. The molecule has 0 unspecified atom stereocenters. The average molecular weight is 165 g/mol. The normalized spacial score (nSPS) is 19.0. The molecule has 3 nitrogen and oxygen atoms in total. The summed E-state index contributed by atoms with van der Waals surface area (Å²) >= 11 is 0. The lowest BCUT2D eigenvalue weighted by atomic mass is 9.95. The Bertz CT molecular complexity index is 285. The van der Waals surface area contributed by atoms with E-state index in [-0.39, 0.29) is 11.8 Å². The zero-order chi connectivity index (χ0) is 8.60. The zero-order valence-electron chi connectivity index (χ0n) is 6.71. The second-order valence-corrected chi connectivity index (χ2v) is 3.45. The molecule has 0 radical (unpaired) electrons. The number of aliphatic carboxylic acids is 1. The van der Waals surface area contributed by atoms with Crippen molar-refractivity contribution in [3.63, 3.8) is 0 Å². The van der Waals surface area contributed by atoms with Crippen LogP contribution in [-0.4, -0.2) is 16.1 Å². The molecular weight excluding hydrogens is 154 g/mol. The molecule has 1 fully saturated rings. The van der Waals surface area contributed by atoms with Gasteiger partial charge in [-0.25, -0.2) is 0 Å². The molecular formula is C9H11NO2. The van der Waals surface area contributed by atoms with Crippen molar-refractivity contribution in [1.82, 2.24) is 4.98 Å². The molecule has 2 rings (SSSR count). The molecule has 1 aliphatic carbocycles. The Hall–Kier alpha value is -1.25. The number of nitrogens with one attached hydrogen (secondary N) is 1. The van der Waals surface area contributed by atoms with Crippen LogP contribution >= 0.6 is 0 Å². The molecule has 0 aromatic carbocycles. The lowest BCUT2D eigenvalue weighted by molar-refractivity contribution is -0.137. The van der Waals surface area contributed by atoms with Gasteiger partial charge in [0.1, 0.15) is 0 Å². The second kappa shape index (κ2) is 2.37. The summed E-state index contributed by atoms with van der Waals surface area (Å²) < 4.78 is 0. The lowest BCUT2D eigenvalue weighted by Gasteiger charge is -2.08. The third kappa shape index (κ3) is 1.11. The molecule has 12 heavy (non-hydrogen) atoms. The monoisotopic (exact) mass is 165 g/mol. The predicted molar refractivity (Wildman–Crippen MR) is 44.0 cm³/mol. The van der Waals surface area contributed by atoms with E-state index in [0.29, 0.717) is 0 Å². The summed E-state index contributed by atoms with van der Waals surface area (Å²) in [5.74, 6) is -0.700. The molecule has 0 spiro atoms. The summed E-state index contributed by atoms with van der Waals surface area (Å²) in [6.45, 7) is 0. The van der Waals surface area contributed by atoms with E-state index >= 15 is 0 Å². The Morgan fingerprint density at radius 3 is 2.83 bits per heavy atom. The van der Waals surface area contributed by atoms with Crippen LogP contribution < -0.4 is 0 Å². The van der Waals surface area contributed by atoms with Crippen molar-refractivity contribution in [2.24, 2.45) is 0 Å². The molecule has 2 N–H and O–H groups in total. The van der Waals surface area contributed by atoms with E-state index in [2.05, 4.69) is 4.98 Å². The topological polar surface area (TPSA) is 53.1 Å². The fraction of sp³-hybridized carbons (Fsp3) is 0.444. The second-order valence-electron chi connectivity index (χ2n) is 3.45. The third-order valence-corrected chi connectivity index (χ3v) is 2.55. The van der Waals surface area contributed by atoms with Crippen LogP contribution in [0.15, 0.2) is 18.5 Å². The fourth-order valence-corrected chi connectivity index (χ4v) is 1.66. The highest BCUT2D eigenvalue weighted by Crippen LogP contribution is 2.50. The summed E-state index contributed by atoms with van der Waals surface area (Å²) in [5, 5.41) is 8.68. The van der Waals surface area contributed by atoms with Gasteiger partial charge in [-0.2, -0.15) is 0 Å². The summed E-state index contributed by atoms with van der Waals surface area (Å²) in [5.41, 5.74) is 1.11. The van der Waals surface area contributed by atoms with Gasteiger partial charge in [0.15, 0.2) is 0 Å². The van der Waals surface area contributed by atoms with Crippen molar-refractivity contribution in [3.8, 4) is 0 Å². The van der Waals surface area contributed by atoms with Crippen molar-refractivity contribution in [2.45, 2.75) is 24.7 Å².